The normalized spacial score (nSPS) is 17.3. The van der Waals surface area contributed by atoms with Crippen LogP contribution in [-0.2, 0) is 20.9 Å². The first-order valence-corrected chi connectivity index (χ1v) is 10.6. The van der Waals surface area contributed by atoms with Crippen LogP contribution in [-0.4, -0.2) is 52.9 Å². The monoisotopic (exact) mass is 424 g/mol. The highest BCUT2D eigenvalue weighted by molar-refractivity contribution is 8.01. The molecule has 2 aromatic rings. The zero-order valence-corrected chi connectivity index (χ0v) is 17.0. The van der Waals surface area contributed by atoms with Crippen molar-refractivity contribution in [2.75, 3.05) is 31.3 Å². The van der Waals surface area contributed by atoms with E-state index < -0.39 is 0 Å². The molecule has 1 aromatic heterocycles. The van der Waals surface area contributed by atoms with Gasteiger partial charge in [-0.1, -0.05) is 35.2 Å². The van der Waals surface area contributed by atoms with Gasteiger partial charge in [-0.05, 0) is 37.1 Å². The molecule has 0 radical (unpaired) electrons. The van der Waals surface area contributed by atoms with Crippen molar-refractivity contribution in [1.29, 1.82) is 0 Å². The summed E-state index contributed by atoms with van der Waals surface area (Å²) in [6.45, 7) is 2.25. The Morgan fingerprint density at radius 3 is 2.89 bits per heavy atom. The number of hydrogen-bond donors (Lipinski definition) is 1. The lowest BCUT2D eigenvalue weighted by molar-refractivity contribution is -0.137. The molecule has 1 fully saturated rings. The number of benzene rings is 1. The number of carbonyl (C=O) groups is 2. The third-order valence-corrected chi connectivity index (χ3v) is 6.32. The molecule has 1 aromatic carbocycles. The summed E-state index contributed by atoms with van der Waals surface area (Å²) in [6, 6.07) is 6.45. The number of rotatable bonds is 7. The van der Waals surface area contributed by atoms with E-state index >= 15 is 0 Å². The summed E-state index contributed by atoms with van der Waals surface area (Å²) < 4.78 is 18.2. The SMILES string of the molecule is COC(=O)CSc1nnc(NC(=O)C2CCCN(Cc3ccc(F)cc3)C2)s1. The van der Waals surface area contributed by atoms with Crippen LogP contribution in [0.2, 0.25) is 0 Å². The molecule has 0 spiro atoms. The molecule has 10 heteroatoms. The second kappa shape index (κ2) is 9.94. The van der Waals surface area contributed by atoms with Gasteiger partial charge in [-0.25, -0.2) is 4.39 Å². The number of carbonyl (C=O) groups excluding carboxylic acids is 2. The predicted molar refractivity (Wildman–Crippen MR) is 106 cm³/mol. The molecule has 28 heavy (non-hydrogen) atoms. The van der Waals surface area contributed by atoms with Gasteiger partial charge in [0.1, 0.15) is 5.82 Å². The number of nitrogens with one attached hydrogen (secondary N) is 1. The quantitative estimate of drug-likeness (QED) is 0.416. The minimum absolute atomic E-state index is 0.0792. The van der Waals surface area contributed by atoms with Crippen LogP contribution in [0.25, 0.3) is 0 Å². The van der Waals surface area contributed by atoms with E-state index in [9.17, 15) is 14.0 Å². The number of esters is 1. The molecule has 1 aliphatic rings. The highest BCUT2D eigenvalue weighted by atomic mass is 32.2. The Hall–Kier alpha value is -2.04. The molecule has 1 saturated heterocycles. The summed E-state index contributed by atoms with van der Waals surface area (Å²) >= 11 is 2.46. The fourth-order valence-electron chi connectivity index (χ4n) is 2.97. The van der Waals surface area contributed by atoms with E-state index in [0.717, 1.165) is 24.9 Å². The number of anilines is 1. The highest BCUT2D eigenvalue weighted by Crippen LogP contribution is 2.27. The Kier molecular flexibility index (Phi) is 7.35. The third kappa shape index (κ3) is 5.98. The number of amides is 1. The second-order valence-electron chi connectivity index (χ2n) is 6.43. The first-order chi connectivity index (χ1) is 13.5. The van der Waals surface area contributed by atoms with Crippen LogP contribution in [0.15, 0.2) is 28.6 Å². The van der Waals surface area contributed by atoms with Crippen molar-refractivity contribution >= 4 is 40.1 Å². The molecule has 3 rings (SSSR count). The number of methoxy groups -OCH3 is 1. The summed E-state index contributed by atoms with van der Waals surface area (Å²) in [7, 11) is 1.33. The zero-order valence-electron chi connectivity index (χ0n) is 15.4. The van der Waals surface area contributed by atoms with Crippen LogP contribution in [0, 0.1) is 11.7 Å². The first kappa shape index (κ1) is 20.7. The summed E-state index contributed by atoms with van der Waals surface area (Å²) in [6.07, 6.45) is 1.74. The number of thioether (sulfide) groups is 1. The van der Waals surface area contributed by atoms with Crippen molar-refractivity contribution < 1.29 is 18.7 Å². The Morgan fingerprint density at radius 2 is 2.14 bits per heavy atom. The maximum atomic E-state index is 13.0. The van der Waals surface area contributed by atoms with E-state index in [1.54, 1.807) is 12.1 Å². The number of likely N-dealkylation sites (tertiary alicyclic amines) is 1. The average Bonchev–Trinajstić information content (AvgIpc) is 3.15. The van der Waals surface area contributed by atoms with E-state index in [4.69, 9.17) is 0 Å². The number of hydrogen-bond acceptors (Lipinski definition) is 8. The van der Waals surface area contributed by atoms with E-state index in [-0.39, 0.29) is 29.4 Å². The standard InChI is InChI=1S/C18H21FN4O3S2/c1-26-15(24)11-27-18-22-21-17(28-18)20-16(25)13-3-2-8-23(10-13)9-12-4-6-14(19)7-5-12/h4-7,13H,2-3,8-11H2,1H3,(H,20,21,25). The fraction of sp³-hybridized carbons (Fsp3) is 0.444. The molecule has 2 heterocycles. The molecule has 150 valence electrons. The van der Waals surface area contributed by atoms with Gasteiger partial charge in [-0.15, -0.1) is 10.2 Å². The summed E-state index contributed by atoms with van der Waals surface area (Å²) in [4.78, 5) is 26.0. The second-order valence-corrected chi connectivity index (χ2v) is 8.63. The van der Waals surface area contributed by atoms with Crippen molar-refractivity contribution in [3.05, 3.63) is 35.6 Å². The topological polar surface area (TPSA) is 84.4 Å². The fourth-order valence-corrected chi connectivity index (χ4v) is 4.55. The lowest BCUT2D eigenvalue weighted by atomic mass is 9.97. The van der Waals surface area contributed by atoms with Crippen molar-refractivity contribution in [2.45, 2.75) is 23.7 Å². The Bertz CT molecular complexity index is 815. The number of nitrogens with zero attached hydrogens (tertiary/aromatic N) is 3. The summed E-state index contributed by atoms with van der Waals surface area (Å²) in [5.41, 5.74) is 1.03. The molecule has 7 nitrogen and oxygen atoms in total. The molecule has 0 saturated carbocycles. The van der Waals surface area contributed by atoms with Crippen LogP contribution in [0.4, 0.5) is 9.52 Å². The summed E-state index contributed by atoms with van der Waals surface area (Å²) in [5.74, 6) is -0.649. The van der Waals surface area contributed by atoms with Crippen LogP contribution >= 0.6 is 23.1 Å². The van der Waals surface area contributed by atoms with Crippen LogP contribution in [0.1, 0.15) is 18.4 Å². The van der Waals surface area contributed by atoms with Crippen LogP contribution < -0.4 is 5.32 Å². The number of halogens is 1. The number of piperidine rings is 1. The highest BCUT2D eigenvalue weighted by Gasteiger charge is 2.26. The lowest BCUT2D eigenvalue weighted by Crippen LogP contribution is -2.40. The van der Waals surface area contributed by atoms with E-state index in [0.29, 0.717) is 22.6 Å². The maximum absolute atomic E-state index is 13.0. The Labute approximate surface area is 170 Å². The van der Waals surface area contributed by atoms with E-state index in [1.165, 1.54) is 42.3 Å². The molecule has 1 aliphatic heterocycles. The van der Waals surface area contributed by atoms with Crippen molar-refractivity contribution in [2.24, 2.45) is 5.92 Å². The van der Waals surface area contributed by atoms with Gasteiger partial charge in [0.05, 0.1) is 18.8 Å². The smallest absolute Gasteiger partial charge is 0.316 e. The van der Waals surface area contributed by atoms with Crippen LogP contribution in [0.5, 0.6) is 0 Å². The third-order valence-electron chi connectivity index (χ3n) is 4.37. The van der Waals surface area contributed by atoms with Gasteiger partial charge in [-0.2, -0.15) is 0 Å². The van der Waals surface area contributed by atoms with Crippen molar-refractivity contribution in [3.8, 4) is 0 Å². The molecule has 0 aliphatic carbocycles. The molecule has 1 amide bonds. The number of aromatic nitrogens is 2. The Morgan fingerprint density at radius 1 is 1.36 bits per heavy atom. The van der Waals surface area contributed by atoms with Gasteiger partial charge in [0.15, 0.2) is 4.34 Å². The van der Waals surface area contributed by atoms with E-state index in [2.05, 4.69) is 25.2 Å². The molecular weight excluding hydrogens is 403 g/mol. The zero-order chi connectivity index (χ0) is 19.9. The van der Waals surface area contributed by atoms with Crippen molar-refractivity contribution in [3.63, 3.8) is 0 Å². The lowest BCUT2D eigenvalue weighted by Gasteiger charge is -2.31. The van der Waals surface area contributed by atoms with Gasteiger partial charge < -0.3 is 10.1 Å². The molecule has 0 bridgehead atoms. The minimum atomic E-state index is -0.339. The van der Waals surface area contributed by atoms with Crippen molar-refractivity contribution in [1.82, 2.24) is 15.1 Å². The minimum Gasteiger partial charge on any atom is -0.468 e. The maximum Gasteiger partial charge on any atom is 0.316 e. The largest absolute Gasteiger partial charge is 0.468 e. The van der Waals surface area contributed by atoms with Gasteiger partial charge in [0.2, 0.25) is 11.0 Å². The summed E-state index contributed by atoms with van der Waals surface area (Å²) in [5, 5.41) is 11.2. The molecule has 1 atom stereocenters. The number of ether oxygens (including phenoxy) is 1. The first-order valence-electron chi connectivity index (χ1n) is 8.84. The average molecular weight is 425 g/mol. The van der Waals surface area contributed by atoms with Crippen LogP contribution in [0.3, 0.4) is 0 Å². The Balaban J connectivity index is 1.50. The van der Waals surface area contributed by atoms with Gasteiger partial charge >= 0.3 is 5.97 Å². The van der Waals surface area contributed by atoms with Gasteiger partial charge in [0, 0.05) is 13.1 Å². The molecule has 1 unspecified atom stereocenters. The van der Waals surface area contributed by atoms with Gasteiger partial charge in [0.25, 0.3) is 0 Å². The molecule has 1 N–H and O–H groups in total. The van der Waals surface area contributed by atoms with E-state index in [1.807, 2.05) is 0 Å². The molecular formula is C18H21FN4O3S2. The van der Waals surface area contributed by atoms with Gasteiger partial charge in [-0.3, -0.25) is 14.5 Å². The predicted octanol–water partition coefficient (Wildman–Crippen LogP) is 2.79.